The summed E-state index contributed by atoms with van der Waals surface area (Å²) in [4.78, 5) is 24.9. The van der Waals surface area contributed by atoms with E-state index in [0.29, 0.717) is 49.7 Å². The first-order chi connectivity index (χ1) is 13.2. The maximum atomic E-state index is 12.7. The molecule has 0 aliphatic carbocycles. The molecule has 1 amide bonds. The van der Waals surface area contributed by atoms with Crippen molar-refractivity contribution in [2.24, 2.45) is 11.0 Å². The highest BCUT2D eigenvalue weighted by atomic mass is 16.5. The van der Waals surface area contributed by atoms with E-state index in [1.165, 1.54) is 5.01 Å². The highest BCUT2D eigenvalue weighted by Gasteiger charge is 2.36. The summed E-state index contributed by atoms with van der Waals surface area (Å²) < 4.78 is 21.3. The van der Waals surface area contributed by atoms with Crippen molar-refractivity contribution in [1.29, 1.82) is 0 Å². The quantitative estimate of drug-likeness (QED) is 0.749. The van der Waals surface area contributed by atoms with Crippen molar-refractivity contribution in [2.75, 3.05) is 19.8 Å². The predicted molar refractivity (Wildman–Crippen MR) is 92.7 cm³/mol. The predicted octanol–water partition coefficient (Wildman–Crippen LogP) is 2.52. The Hall–Kier alpha value is -2.87. The molecule has 1 atom stereocenters. The van der Waals surface area contributed by atoms with Gasteiger partial charge in [-0.2, -0.15) is 5.10 Å². The number of hydrazone groups is 1. The lowest BCUT2D eigenvalue weighted by atomic mass is 10.0. The third kappa shape index (κ3) is 3.80. The highest BCUT2D eigenvalue weighted by molar-refractivity contribution is 6.01. The summed E-state index contributed by atoms with van der Waals surface area (Å²) in [6.45, 7) is 0.719. The molecule has 2 aromatic rings. The van der Waals surface area contributed by atoms with Crippen molar-refractivity contribution in [1.82, 2.24) is 5.01 Å². The topological polar surface area (TPSA) is 94.5 Å². The monoisotopic (exact) mass is 372 g/mol. The lowest BCUT2D eigenvalue weighted by molar-refractivity contribution is -0.158. The van der Waals surface area contributed by atoms with E-state index >= 15 is 0 Å². The van der Waals surface area contributed by atoms with Crippen molar-refractivity contribution in [2.45, 2.75) is 25.3 Å². The van der Waals surface area contributed by atoms with Crippen molar-refractivity contribution >= 4 is 17.6 Å². The van der Waals surface area contributed by atoms with Crippen LogP contribution in [0.3, 0.4) is 0 Å². The SMILES string of the molecule is O=C(OCC(=O)N1N=C(c2ccco2)CC1c1ccco1)C1CCOCC1. The van der Waals surface area contributed by atoms with Gasteiger partial charge in [0.1, 0.15) is 23.3 Å². The van der Waals surface area contributed by atoms with Crippen LogP contribution in [0.5, 0.6) is 0 Å². The molecular weight excluding hydrogens is 352 g/mol. The first-order valence-corrected chi connectivity index (χ1v) is 8.93. The zero-order valence-electron chi connectivity index (χ0n) is 14.7. The number of esters is 1. The van der Waals surface area contributed by atoms with Gasteiger partial charge in [0, 0.05) is 19.6 Å². The lowest BCUT2D eigenvalue weighted by Gasteiger charge is -2.22. The van der Waals surface area contributed by atoms with Gasteiger partial charge in [0.15, 0.2) is 6.61 Å². The molecule has 2 aliphatic heterocycles. The van der Waals surface area contributed by atoms with Crippen molar-refractivity contribution in [3.63, 3.8) is 0 Å². The summed E-state index contributed by atoms with van der Waals surface area (Å²) in [5, 5.41) is 5.71. The van der Waals surface area contributed by atoms with Crippen LogP contribution < -0.4 is 0 Å². The average molecular weight is 372 g/mol. The molecule has 1 unspecified atom stereocenters. The van der Waals surface area contributed by atoms with Crippen molar-refractivity contribution < 1.29 is 27.9 Å². The Morgan fingerprint density at radius 3 is 2.63 bits per heavy atom. The van der Waals surface area contributed by atoms with Gasteiger partial charge < -0.3 is 18.3 Å². The second-order valence-corrected chi connectivity index (χ2v) is 6.49. The molecular formula is C19H20N2O6. The van der Waals surface area contributed by atoms with Gasteiger partial charge >= 0.3 is 5.97 Å². The Balaban J connectivity index is 1.44. The zero-order valence-corrected chi connectivity index (χ0v) is 14.7. The number of nitrogens with zero attached hydrogens (tertiary/aromatic N) is 2. The number of carbonyl (C=O) groups is 2. The fourth-order valence-electron chi connectivity index (χ4n) is 3.28. The molecule has 2 aliphatic rings. The second-order valence-electron chi connectivity index (χ2n) is 6.49. The smallest absolute Gasteiger partial charge is 0.309 e. The summed E-state index contributed by atoms with van der Waals surface area (Å²) in [6, 6.07) is 6.71. The Labute approximate surface area is 155 Å². The molecule has 0 spiro atoms. The molecule has 0 bridgehead atoms. The molecule has 142 valence electrons. The first-order valence-electron chi connectivity index (χ1n) is 8.93. The van der Waals surface area contributed by atoms with E-state index in [0.717, 1.165) is 0 Å². The number of hydrogen-bond donors (Lipinski definition) is 0. The molecule has 8 heteroatoms. The fraction of sp³-hybridized carbons (Fsp3) is 0.421. The Kier molecular flexibility index (Phi) is 5.06. The standard InChI is InChI=1S/C19H20N2O6/c22-18(12-27-19(23)13-5-9-24-10-6-13)21-15(17-4-2-8-26-17)11-14(20-21)16-3-1-7-25-16/h1-4,7-8,13,15H,5-6,9-12H2. The van der Waals surface area contributed by atoms with Crippen LogP contribution in [0.4, 0.5) is 0 Å². The summed E-state index contributed by atoms with van der Waals surface area (Å²) >= 11 is 0. The van der Waals surface area contributed by atoms with Gasteiger partial charge in [0.2, 0.25) is 0 Å². The van der Waals surface area contributed by atoms with Gasteiger partial charge in [-0.05, 0) is 37.1 Å². The van der Waals surface area contributed by atoms with Crippen LogP contribution in [-0.4, -0.2) is 42.4 Å². The van der Waals surface area contributed by atoms with Crippen LogP contribution in [0.15, 0.2) is 50.7 Å². The summed E-state index contributed by atoms with van der Waals surface area (Å²) in [7, 11) is 0. The van der Waals surface area contributed by atoms with E-state index in [1.54, 1.807) is 36.8 Å². The van der Waals surface area contributed by atoms with Crippen LogP contribution in [-0.2, 0) is 19.1 Å². The Bertz CT molecular complexity index is 805. The van der Waals surface area contributed by atoms with E-state index in [2.05, 4.69) is 5.10 Å². The molecule has 0 N–H and O–H groups in total. The molecule has 27 heavy (non-hydrogen) atoms. The Morgan fingerprint density at radius 1 is 1.15 bits per heavy atom. The van der Waals surface area contributed by atoms with E-state index in [1.807, 2.05) is 0 Å². The van der Waals surface area contributed by atoms with E-state index in [9.17, 15) is 9.59 Å². The summed E-state index contributed by atoms with van der Waals surface area (Å²) in [5.74, 6) is 0.229. The minimum absolute atomic E-state index is 0.215. The molecule has 1 fully saturated rings. The first kappa shape index (κ1) is 17.5. The number of amides is 1. The third-order valence-corrected chi connectivity index (χ3v) is 4.74. The molecule has 4 heterocycles. The molecule has 0 saturated carbocycles. The highest BCUT2D eigenvalue weighted by Crippen LogP contribution is 2.33. The summed E-state index contributed by atoms with van der Waals surface area (Å²) in [5.41, 5.74) is 0.644. The van der Waals surface area contributed by atoms with Crippen molar-refractivity contribution in [3.05, 3.63) is 48.3 Å². The normalized spacial score (nSPS) is 20.5. The Morgan fingerprint density at radius 2 is 1.93 bits per heavy atom. The maximum absolute atomic E-state index is 12.7. The minimum atomic E-state index is -0.404. The van der Waals surface area contributed by atoms with E-state index in [4.69, 9.17) is 18.3 Å². The number of rotatable bonds is 5. The average Bonchev–Trinajstić information content (AvgIpc) is 3.46. The fourth-order valence-corrected chi connectivity index (χ4v) is 3.28. The van der Waals surface area contributed by atoms with E-state index < -0.39 is 11.9 Å². The molecule has 1 saturated heterocycles. The summed E-state index contributed by atoms with van der Waals surface area (Å²) in [6.07, 6.45) is 4.80. The van der Waals surface area contributed by atoms with Gasteiger partial charge in [-0.25, -0.2) is 5.01 Å². The van der Waals surface area contributed by atoms with Crippen LogP contribution in [0.2, 0.25) is 0 Å². The van der Waals surface area contributed by atoms with Crippen LogP contribution >= 0.6 is 0 Å². The largest absolute Gasteiger partial charge is 0.467 e. The van der Waals surface area contributed by atoms with E-state index in [-0.39, 0.29) is 18.5 Å². The number of furan rings is 2. The maximum Gasteiger partial charge on any atom is 0.309 e. The van der Waals surface area contributed by atoms with Crippen LogP contribution in [0, 0.1) is 5.92 Å². The zero-order chi connectivity index (χ0) is 18.6. The molecule has 0 radical (unpaired) electrons. The minimum Gasteiger partial charge on any atom is -0.467 e. The van der Waals surface area contributed by atoms with Crippen molar-refractivity contribution in [3.8, 4) is 0 Å². The molecule has 2 aromatic heterocycles. The lowest BCUT2D eigenvalue weighted by Crippen LogP contribution is -2.33. The second kappa shape index (κ2) is 7.79. The van der Waals surface area contributed by atoms with Gasteiger partial charge in [0.25, 0.3) is 5.91 Å². The van der Waals surface area contributed by atoms with Gasteiger partial charge in [0.05, 0.1) is 18.4 Å². The third-order valence-electron chi connectivity index (χ3n) is 4.74. The molecule has 0 aromatic carbocycles. The van der Waals surface area contributed by atoms with Gasteiger partial charge in [-0.15, -0.1) is 0 Å². The van der Waals surface area contributed by atoms with Gasteiger partial charge in [-0.3, -0.25) is 9.59 Å². The number of carbonyl (C=O) groups excluding carboxylic acids is 2. The van der Waals surface area contributed by atoms with Crippen LogP contribution in [0.1, 0.15) is 36.8 Å². The molecule has 4 rings (SSSR count). The van der Waals surface area contributed by atoms with Gasteiger partial charge in [-0.1, -0.05) is 0 Å². The molecule has 8 nitrogen and oxygen atoms in total. The number of hydrogen-bond acceptors (Lipinski definition) is 7. The van der Waals surface area contributed by atoms with Crippen LogP contribution in [0.25, 0.3) is 0 Å². The number of ether oxygens (including phenoxy) is 2.